The molecule has 0 unspecified atom stereocenters. The summed E-state index contributed by atoms with van der Waals surface area (Å²) in [5.74, 6) is 0.806. The van der Waals surface area contributed by atoms with E-state index in [0.717, 1.165) is 11.8 Å². The van der Waals surface area contributed by atoms with Crippen LogP contribution in [0.1, 0.15) is 19.0 Å². The van der Waals surface area contributed by atoms with Gasteiger partial charge < -0.3 is 25.4 Å². The van der Waals surface area contributed by atoms with Crippen LogP contribution in [0.5, 0.6) is 11.5 Å². The predicted octanol–water partition coefficient (Wildman–Crippen LogP) is 5.03. The molecule has 2 heterocycles. The first-order valence-corrected chi connectivity index (χ1v) is 12.4. The van der Waals surface area contributed by atoms with E-state index in [0.29, 0.717) is 51.2 Å². The number of pyridine rings is 1. The lowest BCUT2D eigenvalue weighted by atomic mass is 10.1. The molecule has 4 rings (SSSR count). The molecule has 0 fully saturated rings. The van der Waals surface area contributed by atoms with Crippen molar-refractivity contribution in [2.24, 2.45) is 0 Å². The van der Waals surface area contributed by atoms with E-state index in [1.165, 1.54) is 13.4 Å². The fourth-order valence-electron chi connectivity index (χ4n) is 3.75. The average molecular weight is 547 g/mol. The van der Waals surface area contributed by atoms with Gasteiger partial charge >= 0.3 is 0 Å². The number of halogens is 1. The predicted molar refractivity (Wildman–Crippen MR) is 150 cm³/mol. The van der Waals surface area contributed by atoms with Gasteiger partial charge in [0.15, 0.2) is 0 Å². The highest BCUT2D eigenvalue weighted by Crippen LogP contribution is 2.34. The summed E-state index contributed by atoms with van der Waals surface area (Å²) < 4.78 is 11.3. The number of fused-ring (bicyclic) bond motifs is 1. The third kappa shape index (κ3) is 7.20. The van der Waals surface area contributed by atoms with Crippen molar-refractivity contribution >= 4 is 51.5 Å². The Morgan fingerprint density at radius 2 is 1.95 bits per heavy atom. The second-order valence-corrected chi connectivity index (χ2v) is 8.95. The molecule has 0 saturated carbocycles. The summed E-state index contributed by atoms with van der Waals surface area (Å²) in [5.41, 5.74) is 2.51. The highest BCUT2D eigenvalue weighted by Gasteiger charge is 2.16. The van der Waals surface area contributed by atoms with Crippen molar-refractivity contribution in [3.8, 4) is 11.5 Å². The molecule has 39 heavy (non-hydrogen) atoms. The molecule has 10 nitrogen and oxygen atoms in total. The SMILES string of the molecule is C=CC(=O)N[C@@H](C)CC(=O)Nc1cc2c(Nc3ccc(OCc4ccccn4)c(Cl)c3)ncnc2cc1OC. The van der Waals surface area contributed by atoms with Crippen LogP contribution in [-0.2, 0) is 16.2 Å². The maximum Gasteiger partial charge on any atom is 0.243 e. The van der Waals surface area contributed by atoms with Crippen LogP contribution in [0.25, 0.3) is 10.9 Å². The lowest BCUT2D eigenvalue weighted by molar-refractivity contribution is -0.118. The van der Waals surface area contributed by atoms with Crippen LogP contribution in [0.4, 0.5) is 17.2 Å². The lowest BCUT2D eigenvalue weighted by Crippen LogP contribution is -2.34. The van der Waals surface area contributed by atoms with E-state index < -0.39 is 0 Å². The van der Waals surface area contributed by atoms with Gasteiger partial charge in [-0.1, -0.05) is 24.2 Å². The van der Waals surface area contributed by atoms with Crippen molar-refractivity contribution in [2.75, 3.05) is 17.7 Å². The molecule has 0 aliphatic carbocycles. The van der Waals surface area contributed by atoms with Crippen molar-refractivity contribution in [3.63, 3.8) is 0 Å². The zero-order valence-electron chi connectivity index (χ0n) is 21.4. The van der Waals surface area contributed by atoms with E-state index in [9.17, 15) is 9.59 Å². The average Bonchev–Trinajstić information content (AvgIpc) is 2.93. The number of methoxy groups -OCH3 is 1. The summed E-state index contributed by atoms with van der Waals surface area (Å²) in [6, 6.07) is 14.0. The molecule has 200 valence electrons. The van der Waals surface area contributed by atoms with Gasteiger partial charge in [-0.3, -0.25) is 14.6 Å². The number of aromatic nitrogens is 3. The Morgan fingerprint density at radius 3 is 2.67 bits per heavy atom. The number of nitrogens with zero attached hydrogens (tertiary/aromatic N) is 3. The van der Waals surface area contributed by atoms with Crippen molar-refractivity contribution < 1.29 is 19.1 Å². The van der Waals surface area contributed by atoms with E-state index in [2.05, 4.69) is 37.5 Å². The highest BCUT2D eigenvalue weighted by molar-refractivity contribution is 6.32. The van der Waals surface area contributed by atoms with Gasteiger partial charge in [-0.2, -0.15) is 0 Å². The quantitative estimate of drug-likeness (QED) is 0.224. The van der Waals surface area contributed by atoms with E-state index >= 15 is 0 Å². The lowest BCUT2D eigenvalue weighted by Gasteiger charge is -2.16. The number of carbonyl (C=O) groups is 2. The van der Waals surface area contributed by atoms with Crippen LogP contribution < -0.4 is 25.4 Å². The smallest absolute Gasteiger partial charge is 0.243 e. The summed E-state index contributed by atoms with van der Waals surface area (Å²) >= 11 is 6.47. The van der Waals surface area contributed by atoms with Crippen molar-refractivity contribution in [1.29, 1.82) is 0 Å². The molecule has 0 bridgehead atoms. The van der Waals surface area contributed by atoms with Gasteiger partial charge in [0, 0.05) is 35.8 Å². The van der Waals surface area contributed by atoms with Crippen LogP contribution in [0, 0.1) is 0 Å². The normalized spacial score (nSPS) is 11.4. The van der Waals surface area contributed by atoms with Crippen LogP contribution >= 0.6 is 11.6 Å². The van der Waals surface area contributed by atoms with E-state index in [-0.39, 0.29) is 24.3 Å². The zero-order chi connectivity index (χ0) is 27.8. The summed E-state index contributed by atoms with van der Waals surface area (Å²) in [4.78, 5) is 37.1. The number of hydrogen-bond donors (Lipinski definition) is 3. The summed E-state index contributed by atoms with van der Waals surface area (Å²) in [5, 5.41) is 9.83. The van der Waals surface area contributed by atoms with Crippen LogP contribution in [-0.4, -0.2) is 39.9 Å². The third-order valence-electron chi connectivity index (χ3n) is 5.59. The maximum absolute atomic E-state index is 12.7. The molecule has 0 radical (unpaired) electrons. The number of carbonyl (C=O) groups excluding carboxylic acids is 2. The minimum absolute atomic E-state index is 0.0599. The summed E-state index contributed by atoms with van der Waals surface area (Å²) in [6.07, 6.45) is 4.35. The van der Waals surface area contributed by atoms with E-state index in [1.807, 2.05) is 24.3 Å². The standard InChI is InChI=1S/C28H27ClN6O4/c1-4-26(36)33-17(2)11-27(37)35-23-13-20-22(14-25(23)38-3)31-16-32-28(20)34-18-8-9-24(21(29)12-18)39-15-19-7-5-6-10-30-19/h4-10,12-14,16-17H,1,11,15H2,2-3H3,(H,33,36)(H,35,37)(H,31,32,34)/t17-/m0/s1. The molecule has 0 saturated heterocycles. The van der Waals surface area contributed by atoms with Crippen molar-refractivity contribution in [1.82, 2.24) is 20.3 Å². The molecule has 2 aromatic carbocycles. The number of rotatable bonds is 11. The minimum atomic E-state index is -0.386. The van der Waals surface area contributed by atoms with Crippen LogP contribution in [0.2, 0.25) is 5.02 Å². The second kappa shape index (κ2) is 12.7. The Balaban J connectivity index is 1.52. The fourth-order valence-corrected chi connectivity index (χ4v) is 3.98. The second-order valence-electron chi connectivity index (χ2n) is 8.54. The molecule has 0 spiro atoms. The topological polar surface area (TPSA) is 127 Å². The summed E-state index contributed by atoms with van der Waals surface area (Å²) in [6.45, 7) is 5.44. The van der Waals surface area contributed by atoms with Gasteiger partial charge in [0.2, 0.25) is 11.8 Å². The molecule has 2 amide bonds. The first-order valence-electron chi connectivity index (χ1n) is 12.0. The number of anilines is 3. The van der Waals surface area contributed by atoms with Gasteiger partial charge in [-0.05, 0) is 49.4 Å². The van der Waals surface area contributed by atoms with Gasteiger partial charge in [0.1, 0.15) is 30.3 Å². The Kier molecular flexibility index (Phi) is 8.90. The molecular formula is C28H27ClN6O4. The van der Waals surface area contributed by atoms with Crippen LogP contribution in [0.15, 0.2) is 73.7 Å². The molecule has 3 N–H and O–H groups in total. The van der Waals surface area contributed by atoms with E-state index in [1.54, 1.807) is 37.4 Å². The third-order valence-corrected chi connectivity index (χ3v) is 5.89. The monoisotopic (exact) mass is 546 g/mol. The Hall–Kier alpha value is -4.70. The number of benzene rings is 2. The Morgan fingerprint density at radius 1 is 1.10 bits per heavy atom. The van der Waals surface area contributed by atoms with E-state index in [4.69, 9.17) is 21.1 Å². The molecule has 1 atom stereocenters. The molecule has 0 aliphatic heterocycles. The minimum Gasteiger partial charge on any atom is -0.494 e. The zero-order valence-corrected chi connectivity index (χ0v) is 22.2. The van der Waals surface area contributed by atoms with Gasteiger partial charge in [-0.15, -0.1) is 0 Å². The van der Waals surface area contributed by atoms with Crippen LogP contribution in [0.3, 0.4) is 0 Å². The number of hydrogen-bond acceptors (Lipinski definition) is 8. The van der Waals surface area contributed by atoms with Gasteiger partial charge in [0.05, 0.1) is 29.0 Å². The van der Waals surface area contributed by atoms with Crippen molar-refractivity contribution in [2.45, 2.75) is 26.0 Å². The fraction of sp³-hybridized carbons (Fsp3) is 0.179. The number of ether oxygens (including phenoxy) is 2. The first kappa shape index (κ1) is 27.3. The maximum atomic E-state index is 12.7. The van der Waals surface area contributed by atoms with Gasteiger partial charge in [0.25, 0.3) is 0 Å². The largest absolute Gasteiger partial charge is 0.494 e. The van der Waals surface area contributed by atoms with Crippen molar-refractivity contribution in [3.05, 3.63) is 84.4 Å². The molecule has 11 heteroatoms. The Labute approximate surface area is 230 Å². The number of amides is 2. The summed E-state index contributed by atoms with van der Waals surface area (Å²) in [7, 11) is 1.50. The Bertz CT molecular complexity index is 1500. The highest BCUT2D eigenvalue weighted by atomic mass is 35.5. The number of nitrogens with one attached hydrogen (secondary N) is 3. The molecule has 4 aromatic rings. The van der Waals surface area contributed by atoms with Gasteiger partial charge in [-0.25, -0.2) is 9.97 Å². The molecule has 0 aliphatic rings. The molecular weight excluding hydrogens is 520 g/mol. The molecule has 2 aromatic heterocycles. The first-order chi connectivity index (χ1) is 18.9.